The summed E-state index contributed by atoms with van der Waals surface area (Å²) in [4.78, 5) is 0. The summed E-state index contributed by atoms with van der Waals surface area (Å²) in [6, 6.07) is 0. The van der Waals surface area contributed by atoms with E-state index in [0.29, 0.717) is 0 Å². The highest BCUT2D eigenvalue weighted by Crippen LogP contribution is 2.08. The Kier molecular flexibility index (Phi) is 17.4. The smallest absolute Gasteiger partial charge is 0.00313 e. The lowest BCUT2D eigenvalue weighted by atomic mass is 10.1. The average molecular weight is 238 g/mol. The van der Waals surface area contributed by atoms with E-state index in [9.17, 15) is 0 Å². The Hall–Kier alpha value is 0.440. The third kappa shape index (κ3) is 13.1. The Labute approximate surface area is 86.0 Å². The highest BCUT2D eigenvalue weighted by atomic mass is 79.9. The zero-order chi connectivity index (χ0) is 8.36. The second-order valence-electron chi connectivity index (χ2n) is 3.16. The van der Waals surface area contributed by atoms with Gasteiger partial charge in [-0.15, -0.1) is 0 Å². The van der Waals surface area contributed by atoms with Crippen LogP contribution in [0.25, 0.3) is 0 Å². The van der Waals surface area contributed by atoms with Crippen LogP contribution >= 0.6 is 15.9 Å². The molecular weight excluding hydrogens is 214 g/mol. The molecule has 0 radical (unpaired) electrons. The molecule has 0 saturated heterocycles. The molecule has 0 aromatic rings. The molecule has 12 heavy (non-hydrogen) atoms. The van der Waals surface area contributed by atoms with Crippen molar-refractivity contribution in [2.24, 2.45) is 0 Å². The van der Waals surface area contributed by atoms with Crippen LogP contribution in [0.4, 0.5) is 0 Å². The molecule has 0 aliphatic heterocycles. The van der Waals surface area contributed by atoms with Crippen molar-refractivity contribution in [1.29, 1.82) is 0 Å². The molecular formula is C10H24BrN. The summed E-state index contributed by atoms with van der Waals surface area (Å²) in [5.74, 6) is 0. The van der Waals surface area contributed by atoms with Gasteiger partial charge in [0.05, 0.1) is 0 Å². The van der Waals surface area contributed by atoms with E-state index in [0.717, 1.165) is 0 Å². The molecule has 0 aliphatic carbocycles. The average Bonchev–Trinajstić information content (AvgIpc) is 2.03. The van der Waals surface area contributed by atoms with Gasteiger partial charge in [-0.1, -0.05) is 67.8 Å². The number of hydrogen-bond donors (Lipinski definition) is 1. The zero-order valence-electron chi connectivity index (χ0n) is 8.45. The number of unbranched alkanes of at least 4 members (excludes halogenated alkanes) is 7. The fraction of sp³-hybridized carbons (Fsp3) is 1.00. The van der Waals surface area contributed by atoms with E-state index in [2.05, 4.69) is 22.9 Å². The molecule has 0 atom stereocenters. The van der Waals surface area contributed by atoms with Crippen LogP contribution in [-0.2, 0) is 0 Å². The van der Waals surface area contributed by atoms with Gasteiger partial charge in [0.25, 0.3) is 0 Å². The molecule has 0 fully saturated rings. The first-order chi connectivity index (χ1) is 5.41. The van der Waals surface area contributed by atoms with Crippen LogP contribution in [0.1, 0.15) is 58.3 Å². The van der Waals surface area contributed by atoms with Gasteiger partial charge in [0, 0.05) is 5.33 Å². The van der Waals surface area contributed by atoms with Crippen LogP contribution in [0, 0.1) is 0 Å². The first-order valence-corrected chi connectivity index (χ1v) is 6.10. The fourth-order valence-electron chi connectivity index (χ4n) is 1.23. The zero-order valence-corrected chi connectivity index (χ0v) is 10.0. The Bertz CT molecular complexity index is 58.9. The molecule has 76 valence electrons. The second kappa shape index (κ2) is 14.0. The SMILES string of the molecule is CCCCCCCCCCBr.N. The number of hydrogen-bond acceptors (Lipinski definition) is 1. The van der Waals surface area contributed by atoms with E-state index >= 15 is 0 Å². The van der Waals surface area contributed by atoms with Crippen LogP contribution < -0.4 is 6.15 Å². The van der Waals surface area contributed by atoms with Crippen molar-refractivity contribution in [3.8, 4) is 0 Å². The lowest BCUT2D eigenvalue weighted by Gasteiger charge is -1.98. The lowest BCUT2D eigenvalue weighted by Crippen LogP contribution is -1.80. The van der Waals surface area contributed by atoms with Gasteiger partial charge in [0.2, 0.25) is 0 Å². The number of halogens is 1. The minimum Gasteiger partial charge on any atom is -0.344 e. The second-order valence-corrected chi connectivity index (χ2v) is 3.96. The standard InChI is InChI=1S/C10H21Br.H3N/c1-2-3-4-5-6-7-8-9-10-11;/h2-10H2,1H3;1H3. The molecule has 0 heterocycles. The summed E-state index contributed by atoms with van der Waals surface area (Å²) in [6.07, 6.45) is 11.4. The first kappa shape index (κ1) is 14.9. The molecule has 0 amide bonds. The van der Waals surface area contributed by atoms with E-state index < -0.39 is 0 Å². The van der Waals surface area contributed by atoms with Gasteiger partial charge in [-0.3, -0.25) is 0 Å². The van der Waals surface area contributed by atoms with E-state index in [1.807, 2.05) is 0 Å². The molecule has 0 rings (SSSR count). The van der Waals surface area contributed by atoms with E-state index in [1.165, 1.54) is 56.7 Å². The normalized spacial score (nSPS) is 9.50. The summed E-state index contributed by atoms with van der Waals surface area (Å²) in [5, 5.41) is 1.18. The van der Waals surface area contributed by atoms with Crippen molar-refractivity contribution in [2.45, 2.75) is 58.3 Å². The van der Waals surface area contributed by atoms with Crippen molar-refractivity contribution in [1.82, 2.24) is 6.15 Å². The summed E-state index contributed by atoms with van der Waals surface area (Å²) in [5.41, 5.74) is 0. The van der Waals surface area contributed by atoms with E-state index in [1.54, 1.807) is 0 Å². The van der Waals surface area contributed by atoms with Crippen LogP contribution in [-0.4, -0.2) is 5.33 Å². The summed E-state index contributed by atoms with van der Waals surface area (Å²) in [6.45, 7) is 2.27. The fourth-order valence-corrected chi connectivity index (χ4v) is 1.62. The Morgan fingerprint density at radius 3 is 1.58 bits per heavy atom. The molecule has 2 heteroatoms. The van der Waals surface area contributed by atoms with Crippen molar-refractivity contribution >= 4 is 15.9 Å². The predicted octanol–water partition coefficient (Wildman–Crippen LogP) is 4.68. The van der Waals surface area contributed by atoms with Crippen molar-refractivity contribution in [3.63, 3.8) is 0 Å². The molecule has 0 bridgehead atoms. The van der Waals surface area contributed by atoms with E-state index in [-0.39, 0.29) is 6.15 Å². The molecule has 0 saturated carbocycles. The van der Waals surface area contributed by atoms with Gasteiger partial charge in [0.15, 0.2) is 0 Å². The number of alkyl halides is 1. The highest BCUT2D eigenvalue weighted by Gasteiger charge is 1.89. The lowest BCUT2D eigenvalue weighted by molar-refractivity contribution is 0.587. The van der Waals surface area contributed by atoms with Gasteiger partial charge in [-0.25, -0.2) is 0 Å². The maximum atomic E-state index is 3.44. The quantitative estimate of drug-likeness (QED) is 0.483. The predicted molar refractivity (Wildman–Crippen MR) is 61.4 cm³/mol. The van der Waals surface area contributed by atoms with Gasteiger partial charge >= 0.3 is 0 Å². The third-order valence-electron chi connectivity index (χ3n) is 1.99. The van der Waals surface area contributed by atoms with E-state index in [4.69, 9.17) is 0 Å². The molecule has 1 nitrogen and oxygen atoms in total. The van der Waals surface area contributed by atoms with Gasteiger partial charge < -0.3 is 6.15 Å². The summed E-state index contributed by atoms with van der Waals surface area (Å²) >= 11 is 3.44. The number of rotatable bonds is 8. The van der Waals surface area contributed by atoms with Gasteiger partial charge in [0.1, 0.15) is 0 Å². The molecule has 0 aromatic heterocycles. The largest absolute Gasteiger partial charge is 0.344 e. The summed E-state index contributed by atoms with van der Waals surface area (Å²) in [7, 11) is 0. The maximum Gasteiger partial charge on any atom is 0.00313 e. The molecule has 0 aromatic carbocycles. The monoisotopic (exact) mass is 237 g/mol. The third-order valence-corrected chi connectivity index (χ3v) is 2.55. The first-order valence-electron chi connectivity index (χ1n) is 4.97. The Morgan fingerprint density at radius 2 is 1.17 bits per heavy atom. The molecule has 0 unspecified atom stereocenters. The van der Waals surface area contributed by atoms with Crippen molar-refractivity contribution < 1.29 is 0 Å². The van der Waals surface area contributed by atoms with Crippen LogP contribution in [0.5, 0.6) is 0 Å². The highest BCUT2D eigenvalue weighted by molar-refractivity contribution is 9.09. The molecule has 3 N–H and O–H groups in total. The molecule has 0 aliphatic rings. The summed E-state index contributed by atoms with van der Waals surface area (Å²) < 4.78 is 0. The Morgan fingerprint density at radius 1 is 0.750 bits per heavy atom. The van der Waals surface area contributed by atoms with Crippen molar-refractivity contribution in [2.75, 3.05) is 5.33 Å². The van der Waals surface area contributed by atoms with Crippen molar-refractivity contribution in [3.05, 3.63) is 0 Å². The van der Waals surface area contributed by atoms with Gasteiger partial charge in [-0.05, 0) is 6.42 Å². The minimum atomic E-state index is 0. The van der Waals surface area contributed by atoms with Crippen LogP contribution in [0.3, 0.4) is 0 Å². The topological polar surface area (TPSA) is 35.0 Å². The van der Waals surface area contributed by atoms with Gasteiger partial charge in [-0.2, -0.15) is 0 Å². The Balaban J connectivity index is 0. The van der Waals surface area contributed by atoms with Crippen LogP contribution in [0.15, 0.2) is 0 Å². The van der Waals surface area contributed by atoms with Crippen LogP contribution in [0.2, 0.25) is 0 Å². The molecule has 0 spiro atoms. The maximum absolute atomic E-state index is 3.44. The minimum absolute atomic E-state index is 0.